The van der Waals surface area contributed by atoms with E-state index in [0.717, 1.165) is 24.3 Å². The summed E-state index contributed by atoms with van der Waals surface area (Å²) in [5.74, 6) is -2.40. The van der Waals surface area contributed by atoms with Crippen molar-refractivity contribution in [3.8, 4) is 0 Å². The summed E-state index contributed by atoms with van der Waals surface area (Å²) >= 11 is 0. The van der Waals surface area contributed by atoms with Crippen molar-refractivity contribution in [2.75, 3.05) is 26.2 Å². The van der Waals surface area contributed by atoms with Gasteiger partial charge < -0.3 is 37.5 Å². The van der Waals surface area contributed by atoms with Gasteiger partial charge in [0.15, 0.2) is 5.78 Å². The van der Waals surface area contributed by atoms with Crippen LogP contribution in [0.3, 0.4) is 0 Å². The molecule has 0 heterocycles. The highest BCUT2D eigenvalue weighted by atomic mass is 19.4. The number of nitrogens with two attached hydrogens (primary N) is 3. The lowest BCUT2D eigenvalue weighted by Gasteiger charge is -2.23. The Morgan fingerprint density at radius 2 is 1.57 bits per heavy atom. The highest BCUT2D eigenvalue weighted by molar-refractivity contribution is 6.58. The number of benzene rings is 2. The van der Waals surface area contributed by atoms with Gasteiger partial charge in [0, 0.05) is 39.0 Å². The van der Waals surface area contributed by atoms with Crippen LogP contribution in [0.4, 0.5) is 17.6 Å². The zero-order chi connectivity index (χ0) is 31.4. The molecule has 0 aliphatic rings. The summed E-state index contributed by atoms with van der Waals surface area (Å²) in [5, 5.41) is 21.3. The Hall–Kier alpha value is -3.37. The summed E-state index contributed by atoms with van der Waals surface area (Å²) in [6, 6.07) is 5.16. The molecule has 9 N–H and O–H groups in total. The standard InChI is InChI=1S/C27H36BF4N5O5/c29-21-14-18(13-20(16-21)28(41)42)15-24(38)23(7-3-17-1-4-19(5-2-17)27(30,31)32)36-26(40)22(35)6-8-25(39)37(11-9-33)12-10-34/h1-2,4-5,13-14,16,22-23,41-42H,3,6-12,15,33-35H2,(H,36,40)/t22-,23+/m0/s1. The maximum absolute atomic E-state index is 14.0. The number of halogens is 4. The van der Waals surface area contributed by atoms with Crippen LogP contribution in [0.2, 0.25) is 0 Å². The number of hydrogen-bond donors (Lipinski definition) is 6. The number of rotatable bonds is 16. The van der Waals surface area contributed by atoms with Crippen LogP contribution in [0.15, 0.2) is 42.5 Å². The minimum atomic E-state index is -4.51. The highest BCUT2D eigenvalue weighted by Gasteiger charge is 2.30. The van der Waals surface area contributed by atoms with Crippen LogP contribution in [0.25, 0.3) is 0 Å². The van der Waals surface area contributed by atoms with Gasteiger partial charge in [-0.15, -0.1) is 0 Å². The van der Waals surface area contributed by atoms with Crippen molar-refractivity contribution in [2.45, 2.75) is 50.4 Å². The fraction of sp³-hybridized carbons (Fsp3) is 0.444. The van der Waals surface area contributed by atoms with E-state index in [1.807, 2.05) is 0 Å². The first kappa shape index (κ1) is 34.8. The summed E-state index contributed by atoms with van der Waals surface area (Å²) in [6.07, 6.45) is -4.94. The molecule has 42 heavy (non-hydrogen) atoms. The van der Waals surface area contributed by atoms with E-state index in [4.69, 9.17) is 17.2 Å². The largest absolute Gasteiger partial charge is 0.488 e. The van der Waals surface area contributed by atoms with Crippen LogP contribution in [0, 0.1) is 5.82 Å². The zero-order valence-corrected chi connectivity index (χ0v) is 22.9. The van der Waals surface area contributed by atoms with Gasteiger partial charge in [-0.3, -0.25) is 14.4 Å². The van der Waals surface area contributed by atoms with Crippen molar-refractivity contribution in [3.05, 3.63) is 65.0 Å². The normalized spacial score (nSPS) is 12.9. The number of alkyl halides is 3. The van der Waals surface area contributed by atoms with Crippen molar-refractivity contribution >= 4 is 30.2 Å². The van der Waals surface area contributed by atoms with Gasteiger partial charge in [0.2, 0.25) is 11.8 Å². The van der Waals surface area contributed by atoms with Crippen molar-refractivity contribution in [3.63, 3.8) is 0 Å². The number of Topliss-reactive ketones (excluding diaryl/α,β-unsaturated/α-hetero) is 1. The number of nitrogens with one attached hydrogen (secondary N) is 1. The van der Waals surface area contributed by atoms with E-state index in [2.05, 4.69) is 5.32 Å². The van der Waals surface area contributed by atoms with Gasteiger partial charge in [0.1, 0.15) is 5.82 Å². The maximum atomic E-state index is 14.0. The first-order valence-electron chi connectivity index (χ1n) is 13.3. The van der Waals surface area contributed by atoms with Crippen molar-refractivity contribution < 1.29 is 42.0 Å². The van der Waals surface area contributed by atoms with Gasteiger partial charge in [0.25, 0.3) is 0 Å². The summed E-state index contributed by atoms with van der Waals surface area (Å²) in [7, 11) is -1.98. The minimum absolute atomic E-state index is 0.0207. The van der Waals surface area contributed by atoms with Gasteiger partial charge in [-0.2, -0.15) is 13.2 Å². The molecule has 10 nitrogen and oxygen atoms in total. The molecule has 0 radical (unpaired) electrons. The molecule has 0 fully saturated rings. The number of carbonyl (C=O) groups excluding carboxylic acids is 3. The second-order valence-corrected chi connectivity index (χ2v) is 9.81. The molecule has 0 spiro atoms. The molecule has 2 atom stereocenters. The molecular weight excluding hydrogens is 561 g/mol. The number of carbonyl (C=O) groups is 3. The Morgan fingerprint density at radius 3 is 2.12 bits per heavy atom. The average molecular weight is 597 g/mol. The zero-order valence-electron chi connectivity index (χ0n) is 22.9. The topological polar surface area (TPSA) is 185 Å². The molecule has 2 aromatic rings. The number of hydrogen-bond acceptors (Lipinski definition) is 8. The van der Waals surface area contributed by atoms with E-state index in [0.29, 0.717) is 5.56 Å². The van der Waals surface area contributed by atoms with Gasteiger partial charge in [-0.05, 0) is 60.1 Å². The van der Waals surface area contributed by atoms with E-state index in [9.17, 15) is 42.0 Å². The molecule has 15 heteroatoms. The van der Waals surface area contributed by atoms with Crippen LogP contribution in [-0.2, 0) is 33.4 Å². The van der Waals surface area contributed by atoms with Crippen LogP contribution < -0.4 is 28.0 Å². The number of ketones is 1. The van der Waals surface area contributed by atoms with Gasteiger partial charge in [0.05, 0.1) is 17.6 Å². The third-order valence-electron chi connectivity index (χ3n) is 6.52. The summed E-state index contributed by atoms with van der Waals surface area (Å²) in [4.78, 5) is 40.1. The van der Waals surface area contributed by atoms with E-state index in [-0.39, 0.29) is 68.8 Å². The van der Waals surface area contributed by atoms with Crippen LogP contribution in [0.5, 0.6) is 0 Å². The molecule has 0 unspecified atom stereocenters. The van der Waals surface area contributed by atoms with Gasteiger partial charge >= 0.3 is 13.3 Å². The molecule has 2 aromatic carbocycles. The van der Waals surface area contributed by atoms with Crippen LogP contribution in [-0.4, -0.2) is 77.9 Å². The van der Waals surface area contributed by atoms with Crippen molar-refractivity contribution in [2.24, 2.45) is 17.2 Å². The van der Waals surface area contributed by atoms with E-state index < -0.39 is 54.9 Å². The quantitative estimate of drug-likeness (QED) is 0.112. The molecule has 0 bridgehead atoms. The maximum Gasteiger partial charge on any atom is 0.488 e. The number of nitrogens with zero attached hydrogens (tertiary/aromatic N) is 1. The monoisotopic (exact) mass is 597 g/mol. The van der Waals surface area contributed by atoms with Crippen molar-refractivity contribution in [1.29, 1.82) is 0 Å². The predicted octanol–water partition coefficient (Wildman–Crippen LogP) is -0.393. The third kappa shape index (κ3) is 11.1. The van der Waals surface area contributed by atoms with Crippen molar-refractivity contribution in [1.82, 2.24) is 10.2 Å². The summed E-state index contributed by atoms with van der Waals surface area (Å²) < 4.78 is 52.7. The lowest BCUT2D eigenvalue weighted by Crippen LogP contribution is -2.49. The van der Waals surface area contributed by atoms with E-state index in [1.54, 1.807) is 0 Å². The lowest BCUT2D eigenvalue weighted by molar-refractivity contribution is -0.137. The van der Waals surface area contributed by atoms with E-state index >= 15 is 0 Å². The Labute approximate surface area is 241 Å². The average Bonchev–Trinajstić information content (AvgIpc) is 2.92. The molecule has 2 rings (SSSR count). The first-order chi connectivity index (χ1) is 19.7. The third-order valence-corrected chi connectivity index (χ3v) is 6.52. The Kier molecular flexibility index (Phi) is 13.5. The first-order valence-corrected chi connectivity index (χ1v) is 13.3. The number of aryl methyl sites for hydroxylation is 1. The molecule has 0 aliphatic carbocycles. The fourth-order valence-electron chi connectivity index (χ4n) is 4.26. The SMILES string of the molecule is NCCN(CCN)C(=O)CC[C@H](N)C(=O)N[C@H](CCc1ccc(C(F)(F)F)cc1)C(=O)Cc1cc(F)cc(B(O)O)c1. The Morgan fingerprint density at radius 1 is 0.952 bits per heavy atom. The lowest BCUT2D eigenvalue weighted by atomic mass is 9.79. The molecule has 0 aromatic heterocycles. The van der Waals surface area contributed by atoms with Gasteiger partial charge in [-0.25, -0.2) is 4.39 Å². The van der Waals surface area contributed by atoms with Gasteiger partial charge in [-0.1, -0.05) is 18.2 Å². The van der Waals surface area contributed by atoms with Crippen LogP contribution >= 0.6 is 0 Å². The minimum Gasteiger partial charge on any atom is -0.423 e. The second kappa shape index (κ2) is 16.3. The highest BCUT2D eigenvalue weighted by Crippen LogP contribution is 2.29. The molecule has 0 aliphatic heterocycles. The summed E-state index contributed by atoms with van der Waals surface area (Å²) in [5.41, 5.74) is 16.6. The fourth-order valence-corrected chi connectivity index (χ4v) is 4.26. The predicted molar refractivity (Wildman–Crippen MR) is 149 cm³/mol. The van der Waals surface area contributed by atoms with Crippen LogP contribution in [0.1, 0.15) is 36.0 Å². The molecule has 230 valence electrons. The summed E-state index contributed by atoms with van der Waals surface area (Å²) in [6.45, 7) is 1.02. The molecule has 2 amide bonds. The molecule has 0 saturated carbocycles. The smallest absolute Gasteiger partial charge is 0.423 e. The Bertz CT molecular complexity index is 1190. The second-order valence-electron chi connectivity index (χ2n) is 9.81. The molecular formula is C27H36BF4N5O5. The Balaban J connectivity index is 2.16. The number of amides is 2. The van der Waals surface area contributed by atoms with E-state index in [1.165, 1.54) is 23.1 Å². The molecule has 0 saturated heterocycles.